The molecule has 0 amide bonds. The second kappa shape index (κ2) is 4.08. The van der Waals surface area contributed by atoms with Gasteiger partial charge in [-0.1, -0.05) is 23.6 Å². The van der Waals surface area contributed by atoms with Crippen molar-refractivity contribution in [3.05, 3.63) is 38.9 Å². The predicted octanol–water partition coefficient (Wildman–Crippen LogP) is 4.90. The first-order valence-electron chi connectivity index (χ1n) is 4.94. The first-order valence-corrected chi connectivity index (χ1v) is 5.31. The van der Waals surface area contributed by atoms with Crippen molar-refractivity contribution in [3.63, 3.8) is 0 Å². The second-order valence-corrected chi connectivity index (χ2v) is 3.93. The van der Waals surface area contributed by atoms with Crippen LogP contribution in [0.4, 0.5) is 5.69 Å². The highest BCUT2D eigenvalue weighted by Gasteiger charge is 2.12. The van der Waals surface area contributed by atoms with E-state index in [-0.39, 0.29) is 0 Å². The summed E-state index contributed by atoms with van der Waals surface area (Å²) in [5, 5.41) is 5.04. The van der Waals surface area contributed by atoms with Gasteiger partial charge in [0.1, 0.15) is 11.3 Å². The number of hydrogen-bond donors (Lipinski definition) is 0. The van der Waals surface area contributed by atoms with Crippen LogP contribution in [0.1, 0.15) is 18.2 Å². The summed E-state index contributed by atoms with van der Waals surface area (Å²) in [6.07, 6.45) is 0.799. The lowest BCUT2D eigenvalue weighted by Gasteiger charge is -1.95. The molecule has 0 fully saturated rings. The van der Waals surface area contributed by atoms with Crippen LogP contribution in [0.15, 0.2) is 21.7 Å². The first-order chi connectivity index (χ1) is 7.67. The molecule has 1 aromatic heterocycles. The van der Waals surface area contributed by atoms with Crippen molar-refractivity contribution < 1.29 is 4.42 Å². The Kier molecular flexibility index (Phi) is 2.77. The van der Waals surface area contributed by atoms with Crippen LogP contribution in [0.2, 0.25) is 5.02 Å². The van der Waals surface area contributed by atoms with Crippen LogP contribution in [-0.4, -0.2) is 0 Å². The summed E-state index contributed by atoms with van der Waals surface area (Å²) in [5.41, 5.74) is 10.6. The molecule has 82 valence electrons. The van der Waals surface area contributed by atoms with Gasteiger partial charge in [-0.05, 0) is 30.2 Å². The molecule has 0 saturated carbocycles. The van der Waals surface area contributed by atoms with Crippen molar-refractivity contribution in [2.45, 2.75) is 20.3 Å². The van der Waals surface area contributed by atoms with Crippen molar-refractivity contribution in [2.24, 2.45) is 5.11 Å². The highest BCUT2D eigenvalue weighted by Crippen LogP contribution is 2.35. The molecule has 4 nitrogen and oxygen atoms in total. The SMILES string of the molecule is CCc1oc2c(N=[N+]=[N-])cc(Cl)cc2c1C. The standard InChI is InChI=1S/C11H10ClN3O/c1-3-10-6(2)8-4-7(12)5-9(14-15-13)11(8)16-10/h4-5H,3H2,1-2H3. The van der Waals surface area contributed by atoms with E-state index < -0.39 is 0 Å². The molecule has 2 rings (SSSR count). The van der Waals surface area contributed by atoms with Crippen LogP contribution in [-0.2, 0) is 6.42 Å². The third-order valence-corrected chi connectivity index (χ3v) is 2.77. The number of rotatable bonds is 2. The smallest absolute Gasteiger partial charge is 0.144 e. The number of halogens is 1. The predicted molar refractivity (Wildman–Crippen MR) is 64.1 cm³/mol. The van der Waals surface area contributed by atoms with Gasteiger partial charge in [0.2, 0.25) is 0 Å². The number of furan rings is 1. The van der Waals surface area contributed by atoms with Gasteiger partial charge >= 0.3 is 0 Å². The van der Waals surface area contributed by atoms with Gasteiger partial charge in [0.25, 0.3) is 0 Å². The second-order valence-electron chi connectivity index (χ2n) is 3.49. The van der Waals surface area contributed by atoms with Crippen molar-refractivity contribution in [1.82, 2.24) is 0 Å². The van der Waals surface area contributed by atoms with Gasteiger partial charge < -0.3 is 4.42 Å². The quantitative estimate of drug-likeness (QED) is 0.415. The largest absolute Gasteiger partial charge is 0.460 e. The van der Waals surface area contributed by atoms with Crippen LogP contribution in [0.25, 0.3) is 21.4 Å². The Balaban J connectivity index is 2.86. The molecule has 0 saturated heterocycles. The van der Waals surface area contributed by atoms with Crippen LogP contribution >= 0.6 is 11.6 Å². The molecule has 0 radical (unpaired) electrons. The minimum Gasteiger partial charge on any atom is -0.460 e. The number of fused-ring (bicyclic) bond motifs is 1. The van der Waals surface area contributed by atoms with Crippen LogP contribution in [0.3, 0.4) is 0 Å². The monoisotopic (exact) mass is 235 g/mol. The highest BCUT2D eigenvalue weighted by atomic mass is 35.5. The molecule has 0 bridgehead atoms. The molecule has 1 heterocycles. The van der Waals surface area contributed by atoms with Gasteiger partial charge in [0, 0.05) is 21.7 Å². The Morgan fingerprint density at radius 1 is 1.50 bits per heavy atom. The van der Waals surface area contributed by atoms with Gasteiger partial charge in [-0.3, -0.25) is 0 Å². The van der Waals surface area contributed by atoms with Crippen LogP contribution < -0.4 is 0 Å². The Bertz CT molecular complexity index is 597. The Morgan fingerprint density at radius 3 is 2.88 bits per heavy atom. The lowest BCUT2D eigenvalue weighted by molar-refractivity contribution is 0.554. The zero-order valence-electron chi connectivity index (χ0n) is 8.99. The first kappa shape index (κ1) is 10.9. The Hall–Kier alpha value is -1.64. The average molecular weight is 236 g/mol. The summed E-state index contributed by atoms with van der Waals surface area (Å²) in [6, 6.07) is 3.43. The molecule has 0 unspecified atom stereocenters. The van der Waals surface area contributed by atoms with Crippen molar-refractivity contribution in [2.75, 3.05) is 0 Å². The summed E-state index contributed by atoms with van der Waals surface area (Å²) < 4.78 is 5.66. The van der Waals surface area contributed by atoms with Crippen LogP contribution in [0, 0.1) is 6.92 Å². The molecule has 0 aliphatic carbocycles. The summed E-state index contributed by atoms with van der Waals surface area (Å²) in [5.74, 6) is 0.895. The zero-order valence-corrected chi connectivity index (χ0v) is 9.75. The van der Waals surface area contributed by atoms with Crippen molar-refractivity contribution >= 4 is 28.3 Å². The Morgan fingerprint density at radius 2 is 2.25 bits per heavy atom. The summed E-state index contributed by atoms with van der Waals surface area (Å²) in [6.45, 7) is 3.99. The van der Waals surface area contributed by atoms with Crippen molar-refractivity contribution in [1.29, 1.82) is 0 Å². The maximum Gasteiger partial charge on any atom is 0.144 e. The number of nitrogens with zero attached hydrogens (tertiary/aromatic N) is 3. The lowest BCUT2D eigenvalue weighted by atomic mass is 10.1. The van der Waals surface area contributed by atoms with E-state index in [0.717, 1.165) is 23.1 Å². The molecule has 2 aromatic rings. The molecule has 0 spiro atoms. The molecule has 0 aliphatic heterocycles. The number of benzene rings is 1. The summed E-state index contributed by atoms with van der Waals surface area (Å²) in [4.78, 5) is 2.77. The maximum atomic E-state index is 8.48. The number of aryl methyl sites for hydroxylation is 2. The summed E-state index contributed by atoms with van der Waals surface area (Å²) in [7, 11) is 0. The fourth-order valence-electron chi connectivity index (χ4n) is 1.77. The topological polar surface area (TPSA) is 61.9 Å². The van der Waals surface area contributed by atoms with Gasteiger partial charge in [0.05, 0.1) is 5.69 Å². The van der Waals surface area contributed by atoms with E-state index in [0.29, 0.717) is 16.3 Å². The van der Waals surface area contributed by atoms with E-state index in [1.165, 1.54) is 0 Å². The van der Waals surface area contributed by atoms with E-state index in [1.54, 1.807) is 6.07 Å². The molecule has 0 aliphatic rings. The molecular formula is C11H10ClN3O. The van der Waals surface area contributed by atoms with Crippen LogP contribution in [0.5, 0.6) is 0 Å². The normalized spacial score (nSPS) is 10.4. The molecule has 1 aromatic carbocycles. The number of hydrogen-bond acceptors (Lipinski definition) is 2. The van der Waals surface area contributed by atoms with Crippen molar-refractivity contribution in [3.8, 4) is 0 Å². The molecule has 0 N–H and O–H groups in total. The highest BCUT2D eigenvalue weighted by molar-refractivity contribution is 6.31. The zero-order chi connectivity index (χ0) is 11.7. The third-order valence-electron chi connectivity index (χ3n) is 2.56. The maximum absolute atomic E-state index is 8.48. The fourth-order valence-corrected chi connectivity index (χ4v) is 1.99. The van der Waals surface area contributed by atoms with Gasteiger partial charge in [-0.25, -0.2) is 0 Å². The van der Waals surface area contributed by atoms with Gasteiger partial charge in [-0.15, -0.1) is 0 Å². The number of azide groups is 1. The summed E-state index contributed by atoms with van der Waals surface area (Å²) >= 11 is 5.96. The molecule has 0 atom stereocenters. The van der Waals surface area contributed by atoms with Gasteiger partial charge in [-0.2, -0.15) is 0 Å². The van der Waals surface area contributed by atoms with E-state index in [2.05, 4.69) is 10.0 Å². The molecular weight excluding hydrogens is 226 g/mol. The van der Waals surface area contributed by atoms with E-state index in [4.69, 9.17) is 21.5 Å². The van der Waals surface area contributed by atoms with Gasteiger partial charge in [0.15, 0.2) is 0 Å². The molecule has 16 heavy (non-hydrogen) atoms. The van der Waals surface area contributed by atoms with E-state index in [1.807, 2.05) is 19.9 Å². The minimum atomic E-state index is 0.438. The Labute approximate surface area is 97.4 Å². The average Bonchev–Trinajstić information content (AvgIpc) is 2.57. The third kappa shape index (κ3) is 1.62. The fraction of sp³-hybridized carbons (Fsp3) is 0.273. The minimum absolute atomic E-state index is 0.438. The van der Waals surface area contributed by atoms with E-state index in [9.17, 15) is 0 Å². The van der Waals surface area contributed by atoms with E-state index >= 15 is 0 Å². The lowest BCUT2D eigenvalue weighted by Crippen LogP contribution is -1.77. The molecule has 5 heteroatoms.